The average Bonchev–Trinajstić information content (AvgIpc) is 2.26. The maximum absolute atomic E-state index is 11.5. The van der Waals surface area contributed by atoms with E-state index in [1.54, 1.807) is 12.0 Å². The second kappa shape index (κ2) is 4.69. The Hall–Kier alpha value is -0.650. The van der Waals surface area contributed by atoms with Crippen molar-refractivity contribution >= 4 is 5.91 Å². The first-order valence-corrected chi connectivity index (χ1v) is 5.62. The van der Waals surface area contributed by atoms with Crippen LogP contribution in [0.15, 0.2) is 0 Å². The minimum atomic E-state index is -0.150. The molecule has 0 saturated carbocycles. The first-order valence-electron chi connectivity index (χ1n) is 5.62. The zero-order valence-corrected chi connectivity index (χ0v) is 9.90. The molecule has 2 fully saturated rings. The molecule has 0 aromatic carbocycles. The van der Waals surface area contributed by atoms with Gasteiger partial charge in [-0.25, -0.2) is 0 Å². The van der Waals surface area contributed by atoms with Crippen LogP contribution in [-0.2, 0) is 19.0 Å². The lowest BCUT2D eigenvalue weighted by Gasteiger charge is -2.52. The summed E-state index contributed by atoms with van der Waals surface area (Å²) in [6.45, 7) is 2.23. The highest BCUT2D eigenvalue weighted by Gasteiger charge is 2.49. The van der Waals surface area contributed by atoms with E-state index in [-0.39, 0.29) is 24.2 Å². The van der Waals surface area contributed by atoms with Gasteiger partial charge in [0.15, 0.2) is 0 Å². The van der Waals surface area contributed by atoms with E-state index < -0.39 is 0 Å². The molecule has 2 aliphatic heterocycles. The van der Waals surface area contributed by atoms with Crippen LogP contribution in [-0.4, -0.2) is 63.0 Å². The van der Waals surface area contributed by atoms with Gasteiger partial charge in [0.2, 0.25) is 5.91 Å². The molecule has 1 spiro atoms. The van der Waals surface area contributed by atoms with E-state index in [9.17, 15) is 4.79 Å². The van der Waals surface area contributed by atoms with Crippen molar-refractivity contribution in [1.29, 1.82) is 0 Å². The summed E-state index contributed by atoms with van der Waals surface area (Å²) in [4.78, 5) is 13.3. The number of likely N-dealkylation sites (tertiary alicyclic amines) is 1. The van der Waals surface area contributed by atoms with Gasteiger partial charge in [-0.05, 0) is 6.42 Å². The molecule has 16 heavy (non-hydrogen) atoms. The molecule has 0 bridgehead atoms. The summed E-state index contributed by atoms with van der Waals surface area (Å²) in [5.74, 6) is 0.0382. The molecule has 1 atom stereocenters. The average molecular weight is 229 g/mol. The van der Waals surface area contributed by atoms with Crippen LogP contribution in [0, 0.1) is 0 Å². The Labute approximate surface area is 95.6 Å². The van der Waals surface area contributed by atoms with E-state index in [1.807, 2.05) is 0 Å². The molecule has 2 aliphatic rings. The van der Waals surface area contributed by atoms with Gasteiger partial charge in [0.05, 0.1) is 19.2 Å². The van der Waals surface area contributed by atoms with Gasteiger partial charge < -0.3 is 19.1 Å². The van der Waals surface area contributed by atoms with Crippen LogP contribution in [0.3, 0.4) is 0 Å². The zero-order valence-electron chi connectivity index (χ0n) is 9.90. The molecule has 5 heteroatoms. The third-order valence-corrected chi connectivity index (χ3v) is 3.36. The fourth-order valence-corrected chi connectivity index (χ4v) is 2.44. The molecule has 5 nitrogen and oxygen atoms in total. The predicted molar refractivity (Wildman–Crippen MR) is 57.2 cm³/mol. The van der Waals surface area contributed by atoms with Crippen LogP contribution in [0.25, 0.3) is 0 Å². The summed E-state index contributed by atoms with van der Waals surface area (Å²) >= 11 is 0. The topological polar surface area (TPSA) is 48.0 Å². The Bertz CT molecular complexity index is 263. The number of hydrogen-bond donors (Lipinski definition) is 0. The largest absolute Gasteiger partial charge is 0.381 e. The highest BCUT2D eigenvalue weighted by Crippen LogP contribution is 2.35. The van der Waals surface area contributed by atoms with Crippen LogP contribution in [0.4, 0.5) is 0 Å². The molecule has 0 radical (unpaired) electrons. The first kappa shape index (κ1) is 11.8. The van der Waals surface area contributed by atoms with E-state index in [0.29, 0.717) is 13.1 Å². The monoisotopic (exact) mass is 229 g/mol. The van der Waals surface area contributed by atoms with E-state index >= 15 is 0 Å². The van der Waals surface area contributed by atoms with Gasteiger partial charge in [0.25, 0.3) is 0 Å². The fraction of sp³-hybridized carbons (Fsp3) is 0.909. The minimum absolute atomic E-state index is 0.0382. The van der Waals surface area contributed by atoms with E-state index in [1.165, 1.54) is 7.11 Å². The summed E-state index contributed by atoms with van der Waals surface area (Å²) < 4.78 is 16.0. The second-order valence-electron chi connectivity index (χ2n) is 4.56. The zero-order chi connectivity index (χ0) is 11.6. The summed E-state index contributed by atoms with van der Waals surface area (Å²) in [6, 6.07) is 0. The lowest BCUT2D eigenvalue weighted by atomic mass is 9.84. The first-order chi connectivity index (χ1) is 7.69. The molecule has 0 aromatic rings. The normalized spacial score (nSPS) is 27.9. The molecule has 0 aromatic heterocycles. The van der Waals surface area contributed by atoms with Gasteiger partial charge in [-0.1, -0.05) is 0 Å². The van der Waals surface area contributed by atoms with Crippen molar-refractivity contribution in [3.8, 4) is 0 Å². The molecule has 2 rings (SSSR count). The lowest BCUT2D eigenvalue weighted by molar-refractivity contribution is -0.200. The maximum Gasteiger partial charge on any atom is 0.248 e. The van der Waals surface area contributed by atoms with E-state index in [0.717, 1.165) is 19.4 Å². The Balaban J connectivity index is 1.83. The molecular formula is C11H19NO4. The Kier molecular flexibility index (Phi) is 3.47. The van der Waals surface area contributed by atoms with Crippen LogP contribution in [0.2, 0.25) is 0 Å². The Morgan fingerprint density at radius 2 is 2.25 bits per heavy atom. The van der Waals surface area contributed by atoms with E-state index in [2.05, 4.69) is 0 Å². The smallest absolute Gasteiger partial charge is 0.248 e. The Morgan fingerprint density at radius 3 is 2.88 bits per heavy atom. The third-order valence-electron chi connectivity index (χ3n) is 3.36. The van der Waals surface area contributed by atoms with Crippen molar-refractivity contribution in [3.05, 3.63) is 0 Å². The van der Waals surface area contributed by atoms with Gasteiger partial charge in [-0.3, -0.25) is 4.79 Å². The minimum Gasteiger partial charge on any atom is -0.381 e. The van der Waals surface area contributed by atoms with Crippen LogP contribution >= 0.6 is 0 Å². The number of ether oxygens (including phenoxy) is 3. The van der Waals surface area contributed by atoms with Crippen molar-refractivity contribution in [2.45, 2.75) is 24.5 Å². The highest BCUT2D eigenvalue weighted by atomic mass is 16.5. The van der Waals surface area contributed by atoms with Crippen LogP contribution in [0.5, 0.6) is 0 Å². The van der Waals surface area contributed by atoms with Crippen molar-refractivity contribution in [1.82, 2.24) is 4.90 Å². The number of rotatable bonds is 3. The van der Waals surface area contributed by atoms with Gasteiger partial charge >= 0.3 is 0 Å². The number of carbonyl (C=O) groups is 1. The van der Waals surface area contributed by atoms with E-state index in [4.69, 9.17) is 14.2 Å². The Morgan fingerprint density at radius 1 is 1.50 bits per heavy atom. The van der Waals surface area contributed by atoms with Crippen LogP contribution < -0.4 is 0 Å². The SMILES string of the molecule is COCC(=O)N1CC2(C[C@@H](OC)CCO2)C1. The molecule has 2 saturated heterocycles. The molecule has 1 amide bonds. The molecule has 0 unspecified atom stereocenters. The van der Waals surface area contributed by atoms with Gasteiger partial charge in [-0.15, -0.1) is 0 Å². The number of hydrogen-bond acceptors (Lipinski definition) is 4. The summed E-state index contributed by atoms with van der Waals surface area (Å²) in [5.41, 5.74) is -0.150. The van der Waals surface area contributed by atoms with Crippen molar-refractivity contribution < 1.29 is 19.0 Å². The lowest BCUT2D eigenvalue weighted by Crippen LogP contribution is -2.67. The summed E-state index contributed by atoms with van der Waals surface area (Å²) in [5, 5.41) is 0. The number of carbonyl (C=O) groups excluding carboxylic acids is 1. The van der Waals surface area contributed by atoms with Crippen molar-refractivity contribution in [2.24, 2.45) is 0 Å². The second-order valence-corrected chi connectivity index (χ2v) is 4.56. The summed E-state index contributed by atoms with van der Waals surface area (Å²) in [6.07, 6.45) is 2.11. The highest BCUT2D eigenvalue weighted by molar-refractivity contribution is 5.78. The van der Waals surface area contributed by atoms with Crippen molar-refractivity contribution in [3.63, 3.8) is 0 Å². The van der Waals surface area contributed by atoms with Crippen LogP contribution in [0.1, 0.15) is 12.8 Å². The molecule has 0 aliphatic carbocycles. The molecular weight excluding hydrogens is 210 g/mol. The number of nitrogens with zero attached hydrogens (tertiary/aromatic N) is 1. The number of methoxy groups -OCH3 is 2. The van der Waals surface area contributed by atoms with Crippen molar-refractivity contribution in [2.75, 3.05) is 40.5 Å². The molecule has 2 heterocycles. The van der Waals surface area contributed by atoms with Gasteiger partial charge in [0, 0.05) is 27.2 Å². The quantitative estimate of drug-likeness (QED) is 0.685. The van der Waals surface area contributed by atoms with Gasteiger partial charge in [-0.2, -0.15) is 0 Å². The van der Waals surface area contributed by atoms with Gasteiger partial charge in [0.1, 0.15) is 12.2 Å². The predicted octanol–water partition coefficient (Wildman–Crippen LogP) is 0.0392. The maximum atomic E-state index is 11.5. The summed E-state index contributed by atoms with van der Waals surface area (Å²) in [7, 11) is 3.27. The number of amides is 1. The molecule has 0 N–H and O–H groups in total. The molecule has 92 valence electrons. The standard InChI is InChI=1S/C11H19NO4/c1-14-6-10(13)12-7-11(8-12)5-9(15-2)3-4-16-11/h9H,3-8H2,1-2H3/t9-/m0/s1. The fourth-order valence-electron chi connectivity index (χ4n) is 2.44. The third kappa shape index (κ3) is 2.21.